The third kappa shape index (κ3) is 3.24. The minimum Gasteiger partial charge on any atom is -0.319 e. The van der Waals surface area contributed by atoms with Crippen LogP contribution in [0.1, 0.15) is 11.1 Å². The van der Waals surface area contributed by atoms with Crippen molar-refractivity contribution in [1.29, 1.82) is 0 Å². The molecule has 3 aromatic carbocycles. The fourth-order valence-electron chi connectivity index (χ4n) is 3.63. The molecule has 0 unspecified atom stereocenters. The SMILES string of the molecule is Cc1cccc(Cn2c(-c3ccc(-n4cncn4)cc3)nc3c(F)cc(F)cc32)c1. The lowest BCUT2D eigenvalue weighted by Gasteiger charge is -2.11. The minimum atomic E-state index is -0.673. The molecule has 0 aliphatic carbocycles. The predicted molar refractivity (Wildman–Crippen MR) is 110 cm³/mol. The average molecular weight is 401 g/mol. The van der Waals surface area contributed by atoms with Gasteiger partial charge in [-0.2, -0.15) is 5.10 Å². The second kappa shape index (κ2) is 7.18. The molecule has 0 saturated carbocycles. The van der Waals surface area contributed by atoms with Crippen molar-refractivity contribution in [3.8, 4) is 17.1 Å². The highest BCUT2D eigenvalue weighted by molar-refractivity contribution is 5.81. The first-order valence-electron chi connectivity index (χ1n) is 9.45. The molecule has 0 aliphatic rings. The molecule has 0 N–H and O–H groups in total. The number of hydrogen-bond donors (Lipinski definition) is 0. The third-order valence-electron chi connectivity index (χ3n) is 5.00. The third-order valence-corrected chi connectivity index (χ3v) is 5.00. The van der Waals surface area contributed by atoms with Crippen LogP contribution in [0.2, 0.25) is 0 Å². The zero-order valence-electron chi connectivity index (χ0n) is 16.1. The van der Waals surface area contributed by atoms with Gasteiger partial charge >= 0.3 is 0 Å². The Morgan fingerprint density at radius 1 is 0.967 bits per heavy atom. The Kier molecular flexibility index (Phi) is 4.35. The van der Waals surface area contributed by atoms with Gasteiger partial charge in [-0.05, 0) is 42.8 Å². The lowest BCUT2D eigenvalue weighted by molar-refractivity contribution is 0.590. The van der Waals surface area contributed by atoms with Crippen LogP contribution in [0.4, 0.5) is 8.78 Å². The van der Waals surface area contributed by atoms with E-state index in [1.807, 2.05) is 54.0 Å². The summed E-state index contributed by atoms with van der Waals surface area (Å²) < 4.78 is 32.0. The molecular formula is C23H17F2N5. The minimum absolute atomic E-state index is 0.152. The number of fused-ring (bicyclic) bond motifs is 1. The summed E-state index contributed by atoms with van der Waals surface area (Å²) in [7, 11) is 0. The van der Waals surface area contributed by atoms with E-state index in [4.69, 9.17) is 0 Å². The number of halogens is 2. The molecule has 0 saturated heterocycles. The standard InChI is InChI=1S/C23H17F2N5/c1-15-3-2-4-16(9-15)12-29-21-11-18(24)10-20(25)22(21)28-23(29)17-5-7-19(8-6-17)30-14-26-13-27-30/h2-11,13-14H,12H2,1H3. The van der Waals surface area contributed by atoms with Gasteiger partial charge in [0.25, 0.3) is 0 Å². The van der Waals surface area contributed by atoms with Crippen molar-refractivity contribution >= 4 is 11.0 Å². The molecule has 0 atom stereocenters. The predicted octanol–water partition coefficient (Wildman–Crippen LogP) is 4.92. The number of benzene rings is 3. The Bertz CT molecular complexity index is 1340. The highest BCUT2D eigenvalue weighted by Gasteiger charge is 2.17. The fraction of sp³-hybridized carbons (Fsp3) is 0.0870. The number of aryl methyl sites for hydroxylation is 1. The molecular weight excluding hydrogens is 384 g/mol. The smallest absolute Gasteiger partial charge is 0.153 e. The van der Waals surface area contributed by atoms with Crippen LogP contribution in [0.15, 0.2) is 73.3 Å². The molecule has 5 nitrogen and oxygen atoms in total. The quantitative estimate of drug-likeness (QED) is 0.430. The molecule has 0 amide bonds. The Balaban J connectivity index is 1.66. The molecule has 0 aliphatic heterocycles. The van der Waals surface area contributed by atoms with Gasteiger partial charge in [0.05, 0.1) is 11.2 Å². The lowest BCUT2D eigenvalue weighted by atomic mass is 10.1. The van der Waals surface area contributed by atoms with Crippen molar-refractivity contribution in [2.24, 2.45) is 0 Å². The summed E-state index contributed by atoms with van der Waals surface area (Å²) in [5.74, 6) is -0.729. The van der Waals surface area contributed by atoms with Gasteiger partial charge in [0.15, 0.2) is 5.82 Å². The second-order valence-corrected chi connectivity index (χ2v) is 7.15. The summed E-state index contributed by atoms with van der Waals surface area (Å²) in [6.45, 7) is 2.46. The first-order valence-corrected chi connectivity index (χ1v) is 9.45. The van der Waals surface area contributed by atoms with Crippen LogP contribution >= 0.6 is 0 Å². The molecule has 5 rings (SSSR count). The van der Waals surface area contributed by atoms with Crippen molar-refractivity contribution in [2.45, 2.75) is 13.5 Å². The van der Waals surface area contributed by atoms with Crippen LogP contribution < -0.4 is 0 Å². The molecule has 30 heavy (non-hydrogen) atoms. The Morgan fingerprint density at radius 3 is 2.53 bits per heavy atom. The molecule has 0 radical (unpaired) electrons. The van der Waals surface area contributed by atoms with Crippen molar-refractivity contribution in [2.75, 3.05) is 0 Å². The van der Waals surface area contributed by atoms with E-state index in [-0.39, 0.29) is 5.52 Å². The highest BCUT2D eigenvalue weighted by atomic mass is 19.1. The second-order valence-electron chi connectivity index (χ2n) is 7.15. The van der Waals surface area contributed by atoms with Crippen LogP contribution in [-0.2, 0) is 6.54 Å². The fourth-order valence-corrected chi connectivity index (χ4v) is 3.63. The van der Waals surface area contributed by atoms with E-state index in [0.717, 1.165) is 28.4 Å². The van der Waals surface area contributed by atoms with E-state index in [9.17, 15) is 8.78 Å². The van der Waals surface area contributed by atoms with E-state index in [2.05, 4.69) is 21.1 Å². The van der Waals surface area contributed by atoms with Gasteiger partial charge in [-0.1, -0.05) is 29.8 Å². The van der Waals surface area contributed by atoms with Gasteiger partial charge in [-0.3, -0.25) is 0 Å². The maximum absolute atomic E-state index is 14.5. The average Bonchev–Trinajstić information content (AvgIpc) is 3.38. The van der Waals surface area contributed by atoms with Crippen molar-refractivity contribution in [3.63, 3.8) is 0 Å². The molecule has 0 fully saturated rings. The molecule has 2 aromatic heterocycles. The summed E-state index contributed by atoms with van der Waals surface area (Å²) in [4.78, 5) is 8.47. The largest absolute Gasteiger partial charge is 0.319 e. The van der Waals surface area contributed by atoms with Crippen LogP contribution in [0.5, 0.6) is 0 Å². The zero-order chi connectivity index (χ0) is 20.7. The van der Waals surface area contributed by atoms with E-state index < -0.39 is 11.6 Å². The highest BCUT2D eigenvalue weighted by Crippen LogP contribution is 2.29. The molecule has 5 aromatic rings. The summed E-state index contributed by atoms with van der Waals surface area (Å²) in [6, 6.07) is 17.8. The summed E-state index contributed by atoms with van der Waals surface area (Å²) in [5, 5.41) is 4.12. The first-order chi connectivity index (χ1) is 14.6. The van der Waals surface area contributed by atoms with Crippen LogP contribution in [0.3, 0.4) is 0 Å². The number of rotatable bonds is 4. The van der Waals surface area contributed by atoms with Crippen LogP contribution in [0, 0.1) is 18.6 Å². The maximum atomic E-state index is 14.5. The van der Waals surface area contributed by atoms with Gasteiger partial charge < -0.3 is 4.57 Å². The summed E-state index contributed by atoms with van der Waals surface area (Å²) >= 11 is 0. The number of aromatic nitrogens is 5. The Labute approximate surface area is 171 Å². The van der Waals surface area contributed by atoms with Gasteiger partial charge in [0.1, 0.15) is 29.8 Å². The van der Waals surface area contributed by atoms with Gasteiger partial charge in [-0.25, -0.2) is 23.4 Å². The van der Waals surface area contributed by atoms with E-state index >= 15 is 0 Å². The molecule has 2 heterocycles. The Hall–Kier alpha value is -3.87. The summed E-state index contributed by atoms with van der Waals surface area (Å²) in [5.41, 5.74) is 4.36. The van der Waals surface area contributed by atoms with E-state index in [0.29, 0.717) is 17.9 Å². The maximum Gasteiger partial charge on any atom is 0.153 e. The van der Waals surface area contributed by atoms with Crippen molar-refractivity contribution < 1.29 is 8.78 Å². The lowest BCUT2D eigenvalue weighted by Crippen LogP contribution is -2.03. The zero-order valence-corrected chi connectivity index (χ0v) is 16.1. The van der Waals surface area contributed by atoms with Crippen LogP contribution in [0.25, 0.3) is 28.1 Å². The molecule has 0 spiro atoms. The summed E-state index contributed by atoms with van der Waals surface area (Å²) in [6.07, 6.45) is 3.08. The molecule has 148 valence electrons. The monoisotopic (exact) mass is 401 g/mol. The van der Waals surface area contributed by atoms with E-state index in [1.54, 1.807) is 11.0 Å². The normalized spacial score (nSPS) is 11.3. The van der Waals surface area contributed by atoms with Gasteiger partial charge in [0.2, 0.25) is 0 Å². The van der Waals surface area contributed by atoms with Crippen molar-refractivity contribution in [1.82, 2.24) is 24.3 Å². The van der Waals surface area contributed by atoms with Gasteiger partial charge in [0, 0.05) is 18.2 Å². The molecule has 0 bridgehead atoms. The Morgan fingerprint density at radius 2 is 1.80 bits per heavy atom. The number of hydrogen-bond acceptors (Lipinski definition) is 3. The van der Waals surface area contributed by atoms with Crippen molar-refractivity contribution in [3.05, 3.63) is 96.1 Å². The first kappa shape index (κ1) is 18.2. The van der Waals surface area contributed by atoms with E-state index in [1.165, 1.54) is 12.4 Å². The molecule has 7 heteroatoms. The topological polar surface area (TPSA) is 48.5 Å². The van der Waals surface area contributed by atoms with Crippen LogP contribution in [-0.4, -0.2) is 24.3 Å². The number of imidazole rings is 1. The number of nitrogens with zero attached hydrogens (tertiary/aromatic N) is 5. The van der Waals surface area contributed by atoms with Gasteiger partial charge in [-0.15, -0.1) is 0 Å².